The molecule has 2 aliphatic heterocycles. The van der Waals surface area contributed by atoms with Gasteiger partial charge in [-0.2, -0.15) is 0 Å². The normalized spacial score (nSPS) is 19.4. The van der Waals surface area contributed by atoms with E-state index in [4.69, 9.17) is 4.42 Å². The van der Waals surface area contributed by atoms with Crippen molar-refractivity contribution in [1.29, 1.82) is 0 Å². The molecular formula is C61H75BN2OS. The highest BCUT2D eigenvalue weighted by Crippen LogP contribution is 2.56. The molecule has 0 saturated heterocycles. The molecule has 3 nitrogen and oxygen atoms in total. The number of aryl methyl sites for hydroxylation is 1. The molecule has 4 aliphatic rings. The quantitative estimate of drug-likeness (QED) is 0.164. The summed E-state index contributed by atoms with van der Waals surface area (Å²) < 4.78 is 7.73. The number of rotatable bonds is 4. The Kier molecular flexibility index (Phi) is 10.1. The highest BCUT2D eigenvalue weighted by Gasteiger charge is 2.53. The smallest absolute Gasteiger partial charge is 0.297 e. The molecule has 0 fully saturated rings. The molecule has 0 saturated carbocycles. The predicted octanol–water partition coefficient (Wildman–Crippen LogP) is 15.5. The van der Waals surface area contributed by atoms with Crippen LogP contribution in [0, 0.1) is 6.92 Å². The molecule has 0 spiro atoms. The number of hydrogen-bond acceptors (Lipinski definition) is 3. The fraction of sp³-hybridized carbons (Fsp3) is 0.443. The molecule has 66 heavy (non-hydrogen) atoms. The second-order valence-corrected chi connectivity index (χ2v) is 29.7. The summed E-state index contributed by atoms with van der Waals surface area (Å²) in [4.78, 5) is 6.74. The van der Waals surface area contributed by atoms with E-state index in [0.717, 1.165) is 18.5 Å². The van der Waals surface area contributed by atoms with Gasteiger partial charge in [0.05, 0.1) is 17.0 Å². The van der Waals surface area contributed by atoms with E-state index in [2.05, 4.69) is 216 Å². The highest BCUT2D eigenvalue weighted by atomic mass is 32.3. The summed E-state index contributed by atoms with van der Waals surface area (Å²) in [6.45, 7) is 33.4. The van der Waals surface area contributed by atoms with Gasteiger partial charge in [-0.25, -0.2) is 10.0 Å². The zero-order chi connectivity index (χ0) is 47.4. The molecule has 0 amide bonds. The number of hydrogen-bond donors (Lipinski definition) is 0. The highest BCUT2D eigenvalue weighted by molar-refractivity contribution is 8.32. The Morgan fingerprint density at radius 1 is 0.636 bits per heavy atom. The van der Waals surface area contributed by atoms with Crippen LogP contribution in [0.4, 0.5) is 34.1 Å². The Labute approximate surface area is 400 Å². The summed E-state index contributed by atoms with van der Waals surface area (Å²) in [5.74, 6) is 1.64. The van der Waals surface area contributed by atoms with Crippen LogP contribution in [0.5, 0.6) is 0 Å². The van der Waals surface area contributed by atoms with Gasteiger partial charge in [-0.1, -0.05) is 126 Å². The van der Waals surface area contributed by atoms with Crippen LogP contribution in [0.3, 0.4) is 0 Å². The van der Waals surface area contributed by atoms with Crippen molar-refractivity contribution < 1.29 is 4.42 Å². The van der Waals surface area contributed by atoms with Crippen molar-refractivity contribution in [2.24, 2.45) is 0 Å². The van der Waals surface area contributed by atoms with Gasteiger partial charge in [-0.3, -0.25) is 0 Å². The van der Waals surface area contributed by atoms with Crippen molar-refractivity contribution in [2.45, 2.75) is 161 Å². The molecule has 0 bridgehead atoms. The van der Waals surface area contributed by atoms with E-state index >= 15 is 0 Å². The van der Waals surface area contributed by atoms with Gasteiger partial charge >= 0.3 is 0 Å². The Morgan fingerprint density at radius 3 is 1.86 bits per heavy atom. The van der Waals surface area contributed by atoms with Crippen molar-refractivity contribution in [3.63, 3.8) is 0 Å². The lowest BCUT2D eigenvalue weighted by atomic mass is 9.35. The van der Waals surface area contributed by atoms with Crippen molar-refractivity contribution in [3.8, 4) is 11.1 Å². The number of furan rings is 1. The molecule has 5 heteroatoms. The standard InChI is InChI=1S/C61H75BN2OS/c1-37-32-50-53-51(33-37)64(48-27-22-41(58(6,7)8)34-45(48)39-18-25-43(26-19-39)66(15,16)17)49-35-44-38(2)28-29-59(9,10)46(44)36-47(49)62(53)56-54(52-55(65-56)61(13,14)31-30-60(52,11)12)63(50)42-23-20-40(21-24-42)57(3,4)5/h18-27,32-36,38H,28-31H2,1-17H3. The third kappa shape index (κ3) is 7.06. The first-order chi connectivity index (χ1) is 30.7. The number of fused-ring (bicyclic) bond motifs is 7. The maximum absolute atomic E-state index is 7.73. The van der Waals surface area contributed by atoms with Crippen LogP contribution in [0.1, 0.15) is 161 Å². The average Bonchev–Trinajstić information content (AvgIpc) is 3.66. The molecule has 0 radical (unpaired) electrons. The molecule has 0 N–H and O–H groups in total. The van der Waals surface area contributed by atoms with Gasteiger partial charge in [0, 0.05) is 39.3 Å². The topological polar surface area (TPSA) is 19.6 Å². The molecule has 2 aliphatic carbocycles. The molecule has 3 heterocycles. The van der Waals surface area contributed by atoms with Crippen LogP contribution in [-0.4, -0.2) is 25.5 Å². The summed E-state index contributed by atoms with van der Waals surface area (Å²) in [6, 6.07) is 36.6. The second kappa shape index (κ2) is 14.7. The van der Waals surface area contributed by atoms with Gasteiger partial charge in [0.15, 0.2) is 0 Å². The zero-order valence-corrected chi connectivity index (χ0v) is 44.2. The minimum absolute atomic E-state index is 0.0182. The molecule has 344 valence electrons. The monoisotopic (exact) mass is 895 g/mol. The van der Waals surface area contributed by atoms with Crippen LogP contribution in [0.2, 0.25) is 0 Å². The molecule has 1 aromatic heterocycles. The lowest BCUT2D eigenvalue weighted by molar-refractivity contribution is 0.282. The van der Waals surface area contributed by atoms with E-state index in [1.807, 2.05) is 0 Å². The van der Waals surface area contributed by atoms with Gasteiger partial charge in [-0.05, 0) is 183 Å². The average molecular weight is 895 g/mol. The van der Waals surface area contributed by atoms with E-state index in [-0.39, 0.29) is 33.8 Å². The first-order valence-electron chi connectivity index (χ1n) is 24.8. The molecule has 6 aromatic rings. The fourth-order valence-electron chi connectivity index (χ4n) is 11.9. The third-order valence-electron chi connectivity index (χ3n) is 16.3. The van der Waals surface area contributed by atoms with Crippen molar-refractivity contribution in [1.82, 2.24) is 0 Å². The summed E-state index contributed by atoms with van der Waals surface area (Å²) in [5, 5.41) is 0. The lowest BCUT2D eigenvalue weighted by Gasteiger charge is -2.46. The number of anilines is 6. The van der Waals surface area contributed by atoms with E-state index in [0.29, 0.717) is 5.92 Å². The Bertz CT molecular complexity index is 2930. The number of nitrogens with zero attached hydrogens (tertiary/aromatic N) is 2. The van der Waals surface area contributed by atoms with Gasteiger partial charge in [-0.15, -0.1) is 0 Å². The van der Waals surface area contributed by atoms with Crippen LogP contribution in [0.25, 0.3) is 11.1 Å². The van der Waals surface area contributed by atoms with Crippen molar-refractivity contribution in [2.75, 3.05) is 28.6 Å². The van der Waals surface area contributed by atoms with Gasteiger partial charge in [0.1, 0.15) is 5.76 Å². The predicted molar refractivity (Wildman–Crippen MR) is 290 cm³/mol. The maximum atomic E-state index is 7.73. The minimum Gasteiger partial charge on any atom is -0.472 e. The zero-order valence-electron chi connectivity index (χ0n) is 43.4. The van der Waals surface area contributed by atoms with Crippen LogP contribution in [-0.2, 0) is 27.1 Å². The van der Waals surface area contributed by atoms with Crippen molar-refractivity contribution in [3.05, 3.63) is 130 Å². The van der Waals surface area contributed by atoms with Crippen LogP contribution < -0.4 is 26.4 Å². The van der Waals surface area contributed by atoms with E-state index in [1.54, 1.807) is 0 Å². The summed E-state index contributed by atoms with van der Waals surface area (Å²) in [5.41, 5.74) is 22.0. The van der Waals surface area contributed by atoms with Gasteiger partial charge in [0.25, 0.3) is 6.71 Å². The van der Waals surface area contributed by atoms with Crippen molar-refractivity contribution >= 4 is 67.5 Å². The third-order valence-corrected chi connectivity index (χ3v) is 18.0. The summed E-state index contributed by atoms with van der Waals surface area (Å²) in [6.07, 6.45) is 11.8. The first-order valence-corrected chi connectivity index (χ1v) is 27.7. The lowest BCUT2D eigenvalue weighted by Crippen LogP contribution is -2.61. The van der Waals surface area contributed by atoms with Crippen LogP contribution >= 0.6 is 10.0 Å². The van der Waals surface area contributed by atoms with E-state index in [1.165, 1.54) is 113 Å². The van der Waals surface area contributed by atoms with E-state index in [9.17, 15) is 0 Å². The Morgan fingerprint density at radius 2 is 1.24 bits per heavy atom. The number of benzene rings is 5. The molecule has 5 aromatic carbocycles. The summed E-state index contributed by atoms with van der Waals surface area (Å²) >= 11 is 0. The van der Waals surface area contributed by atoms with Gasteiger partial charge in [0.2, 0.25) is 0 Å². The summed E-state index contributed by atoms with van der Waals surface area (Å²) in [7, 11) is -0.882. The largest absolute Gasteiger partial charge is 0.472 e. The fourth-order valence-corrected chi connectivity index (χ4v) is 12.9. The molecule has 1 unspecified atom stereocenters. The molecule has 10 rings (SSSR count). The van der Waals surface area contributed by atoms with E-state index < -0.39 is 10.0 Å². The molecule has 1 atom stereocenters. The second-order valence-electron chi connectivity index (χ2n) is 25.6. The Balaban J connectivity index is 1.34. The first kappa shape index (κ1) is 45.2. The SMILES string of the molecule is Cc1cc2c3c(c1)N(c1ccc(C(C)(C)C)cc1)c1c(oc4c1C(C)(C)CCC4(C)C)B3c1cc3c(cc1N2c1ccc(C(C)(C)C)cc1-c1ccc(S(C)(C)C)cc1)C(C)CCC3(C)C. The van der Waals surface area contributed by atoms with Crippen LogP contribution in [0.15, 0.2) is 100 Å². The minimum atomic E-state index is -0.882. The Hall–Kier alpha value is -4.61. The maximum Gasteiger partial charge on any atom is 0.297 e. The van der Waals surface area contributed by atoms with Gasteiger partial charge < -0.3 is 14.2 Å². The molecular weight excluding hydrogens is 820 g/mol.